The molecular weight excluding hydrogens is 188 g/mol. The van der Waals surface area contributed by atoms with Gasteiger partial charge >= 0.3 is 0 Å². The summed E-state index contributed by atoms with van der Waals surface area (Å²) in [6, 6.07) is 0. The van der Waals surface area contributed by atoms with Crippen LogP contribution in [0.4, 0.5) is 0 Å². The van der Waals surface area contributed by atoms with E-state index in [-0.39, 0.29) is 0 Å². The Morgan fingerprint density at radius 2 is 2.07 bits per heavy atom. The molecule has 1 aromatic heterocycles. The van der Waals surface area contributed by atoms with E-state index in [1.54, 1.807) is 0 Å². The van der Waals surface area contributed by atoms with E-state index in [2.05, 4.69) is 41.2 Å². The molecule has 0 saturated heterocycles. The van der Waals surface area contributed by atoms with E-state index in [1.807, 2.05) is 0 Å². The van der Waals surface area contributed by atoms with Crippen molar-refractivity contribution < 1.29 is 0 Å². The van der Waals surface area contributed by atoms with Gasteiger partial charge in [-0.3, -0.25) is 0 Å². The number of hydrogen-bond donors (Lipinski definition) is 1. The molecule has 0 bridgehead atoms. The van der Waals surface area contributed by atoms with E-state index in [0.717, 1.165) is 37.6 Å². The van der Waals surface area contributed by atoms with Gasteiger partial charge in [0.15, 0.2) is 0 Å². The predicted octanol–water partition coefficient (Wildman–Crippen LogP) is 0.492. The summed E-state index contributed by atoms with van der Waals surface area (Å²) in [6.07, 6.45) is 0.932. The van der Waals surface area contributed by atoms with Crippen LogP contribution in [0.2, 0.25) is 0 Å². The number of rotatable bonds is 3. The van der Waals surface area contributed by atoms with Crippen molar-refractivity contribution in [2.75, 3.05) is 20.6 Å². The van der Waals surface area contributed by atoms with Crippen molar-refractivity contribution in [2.45, 2.75) is 26.4 Å². The molecule has 2 heterocycles. The van der Waals surface area contributed by atoms with Crippen molar-refractivity contribution in [3.05, 3.63) is 22.8 Å². The SMILES string of the molecule is Cc1nc(CCN(C)C)nc2c1CNC2. The Morgan fingerprint density at radius 1 is 1.27 bits per heavy atom. The molecule has 15 heavy (non-hydrogen) atoms. The molecule has 1 aliphatic rings. The van der Waals surface area contributed by atoms with Gasteiger partial charge in [-0.1, -0.05) is 0 Å². The Kier molecular flexibility index (Phi) is 2.98. The van der Waals surface area contributed by atoms with Gasteiger partial charge in [0.05, 0.1) is 5.69 Å². The Morgan fingerprint density at radius 3 is 2.80 bits per heavy atom. The van der Waals surface area contributed by atoms with Gasteiger partial charge in [0.2, 0.25) is 0 Å². The molecule has 2 rings (SSSR count). The van der Waals surface area contributed by atoms with E-state index in [9.17, 15) is 0 Å². The van der Waals surface area contributed by atoms with Crippen LogP contribution in [0.5, 0.6) is 0 Å². The second-order valence-electron chi connectivity index (χ2n) is 4.31. The summed E-state index contributed by atoms with van der Waals surface area (Å²) < 4.78 is 0. The smallest absolute Gasteiger partial charge is 0.130 e. The van der Waals surface area contributed by atoms with Gasteiger partial charge in [-0.15, -0.1) is 0 Å². The number of nitrogens with zero attached hydrogens (tertiary/aromatic N) is 3. The molecule has 1 aliphatic heterocycles. The monoisotopic (exact) mass is 206 g/mol. The summed E-state index contributed by atoms with van der Waals surface area (Å²) >= 11 is 0. The number of aromatic nitrogens is 2. The van der Waals surface area contributed by atoms with Gasteiger partial charge in [0.1, 0.15) is 5.82 Å². The minimum absolute atomic E-state index is 0.896. The maximum Gasteiger partial charge on any atom is 0.130 e. The molecule has 0 unspecified atom stereocenters. The first-order valence-corrected chi connectivity index (χ1v) is 5.37. The van der Waals surface area contributed by atoms with Crippen molar-refractivity contribution in [3.8, 4) is 0 Å². The van der Waals surface area contributed by atoms with Crippen LogP contribution in [-0.4, -0.2) is 35.5 Å². The highest BCUT2D eigenvalue weighted by atomic mass is 15.1. The van der Waals surface area contributed by atoms with Crippen LogP contribution < -0.4 is 5.32 Å². The molecule has 0 aromatic carbocycles. The standard InChI is InChI=1S/C11H18N4/c1-8-9-6-12-7-10(9)14-11(13-8)4-5-15(2)3/h12H,4-7H2,1-3H3. The third-order valence-corrected chi connectivity index (χ3v) is 2.72. The molecule has 82 valence electrons. The van der Waals surface area contributed by atoms with Crippen molar-refractivity contribution in [2.24, 2.45) is 0 Å². The highest BCUT2D eigenvalue weighted by molar-refractivity contribution is 5.28. The quantitative estimate of drug-likeness (QED) is 0.781. The van der Waals surface area contributed by atoms with Crippen molar-refractivity contribution >= 4 is 0 Å². The van der Waals surface area contributed by atoms with Crippen LogP contribution in [0, 0.1) is 6.92 Å². The van der Waals surface area contributed by atoms with Crippen LogP contribution in [0.1, 0.15) is 22.8 Å². The Hall–Kier alpha value is -1.00. The van der Waals surface area contributed by atoms with E-state index in [4.69, 9.17) is 0 Å². The molecule has 4 nitrogen and oxygen atoms in total. The number of hydrogen-bond acceptors (Lipinski definition) is 4. The van der Waals surface area contributed by atoms with Crippen LogP contribution in [-0.2, 0) is 19.5 Å². The lowest BCUT2D eigenvalue weighted by molar-refractivity contribution is 0.409. The summed E-state index contributed by atoms with van der Waals surface area (Å²) in [4.78, 5) is 11.3. The van der Waals surface area contributed by atoms with Crippen LogP contribution in [0.15, 0.2) is 0 Å². The number of likely N-dealkylation sites (N-methyl/N-ethyl adjacent to an activating group) is 1. The van der Waals surface area contributed by atoms with Gasteiger partial charge in [0, 0.05) is 37.3 Å². The molecule has 0 spiro atoms. The van der Waals surface area contributed by atoms with E-state index < -0.39 is 0 Å². The van der Waals surface area contributed by atoms with Gasteiger partial charge in [-0.2, -0.15) is 0 Å². The predicted molar refractivity (Wildman–Crippen MR) is 59.6 cm³/mol. The van der Waals surface area contributed by atoms with Crippen LogP contribution in [0.3, 0.4) is 0 Å². The molecule has 1 aromatic rings. The van der Waals surface area contributed by atoms with Crippen molar-refractivity contribution in [3.63, 3.8) is 0 Å². The first kappa shape index (κ1) is 10.5. The molecule has 4 heteroatoms. The summed E-state index contributed by atoms with van der Waals surface area (Å²) in [5.41, 5.74) is 3.62. The van der Waals surface area contributed by atoms with E-state index >= 15 is 0 Å². The van der Waals surface area contributed by atoms with Crippen LogP contribution >= 0.6 is 0 Å². The molecular formula is C11H18N4. The average Bonchev–Trinajstić information content (AvgIpc) is 2.63. The zero-order valence-corrected chi connectivity index (χ0v) is 9.67. The molecule has 0 saturated carbocycles. The van der Waals surface area contributed by atoms with Crippen molar-refractivity contribution in [1.29, 1.82) is 0 Å². The zero-order valence-electron chi connectivity index (χ0n) is 9.67. The summed E-state index contributed by atoms with van der Waals surface area (Å²) in [5.74, 6) is 0.976. The third-order valence-electron chi connectivity index (χ3n) is 2.72. The topological polar surface area (TPSA) is 41.1 Å². The van der Waals surface area contributed by atoms with E-state index in [1.165, 1.54) is 11.3 Å². The summed E-state index contributed by atoms with van der Waals surface area (Å²) in [6.45, 7) is 4.90. The second-order valence-corrected chi connectivity index (χ2v) is 4.31. The molecule has 0 amide bonds. The number of aryl methyl sites for hydroxylation is 1. The Balaban J connectivity index is 2.16. The van der Waals surface area contributed by atoms with E-state index in [0.29, 0.717) is 0 Å². The lowest BCUT2D eigenvalue weighted by Gasteiger charge is -2.10. The van der Waals surface area contributed by atoms with Crippen molar-refractivity contribution in [1.82, 2.24) is 20.2 Å². The fraction of sp³-hybridized carbons (Fsp3) is 0.636. The first-order chi connectivity index (χ1) is 7.16. The maximum atomic E-state index is 4.59. The second kappa shape index (κ2) is 4.24. The fourth-order valence-electron chi connectivity index (χ4n) is 1.84. The summed E-state index contributed by atoms with van der Waals surface area (Å²) in [5, 5.41) is 3.31. The lowest BCUT2D eigenvalue weighted by atomic mass is 10.2. The third kappa shape index (κ3) is 2.33. The van der Waals surface area contributed by atoms with Gasteiger partial charge < -0.3 is 10.2 Å². The molecule has 0 fully saturated rings. The Labute approximate surface area is 90.7 Å². The fourth-order valence-corrected chi connectivity index (χ4v) is 1.84. The molecule has 1 N–H and O–H groups in total. The Bertz CT molecular complexity index is 360. The molecule has 0 aliphatic carbocycles. The largest absolute Gasteiger partial charge is 0.309 e. The number of fused-ring (bicyclic) bond motifs is 1. The first-order valence-electron chi connectivity index (χ1n) is 5.37. The van der Waals surface area contributed by atoms with Gasteiger partial charge in [-0.05, 0) is 21.0 Å². The normalized spacial score (nSPS) is 14.7. The highest BCUT2D eigenvalue weighted by Crippen LogP contribution is 2.16. The average molecular weight is 206 g/mol. The lowest BCUT2D eigenvalue weighted by Crippen LogP contribution is -2.17. The minimum Gasteiger partial charge on any atom is -0.309 e. The maximum absolute atomic E-state index is 4.59. The summed E-state index contributed by atoms with van der Waals surface area (Å²) in [7, 11) is 4.14. The highest BCUT2D eigenvalue weighted by Gasteiger charge is 2.16. The van der Waals surface area contributed by atoms with Crippen LogP contribution in [0.25, 0.3) is 0 Å². The van der Waals surface area contributed by atoms with Gasteiger partial charge in [0.25, 0.3) is 0 Å². The van der Waals surface area contributed by atoms with Gasteiger partial charge in [-0.25, -0.2) is 9.97 Å². The molecule has 0 radical (unpaired) electrons. The molecule has 0 atom stereocenters. The number of nitrogens with one attached hydrogen (secondary N) is 1. The zero-order chi connectivity index (χ0) is 10.8. The minimum atomic E-state index is 0.896.